The van der Waals surface area contributed by atoms with E-state index in [0.717, 1.165) is 32.1 Å². The topological polar surface area (TPSA) is 43.1 Å². The SMILES string of the molecule is C[C@]12CC[C@H](N)CC1=CC=C1[C@@H]2CC[C@]2(C)C(=O)CC[C@@H]12. The van der Waals surface area contributed by atoms with Crippen LogP contribution in [0.5, 0.6) is 0 Å². The van der Waals surface area contributed by atoms with Crippen molar-refractivity contribution in [2.24, 2.45) is 28.4 Å². The third-order valence-corrected chi connectivity index (χ3v) is 7.32. The van der Waals surface area contributed by atoms with Crippen molar-refractivity contribution in [1.82, 2.24) is 0 Å². The summed E-state index contributed by atoms with van der Waals surface area (Å²) in [6.45, 7) is 4.68. The lowest BCUT2D eigenvalue weighted by Gasteiger charge is -2.53. The van der Waals surface area contributed by atoms with Gasteiger partial charge in [0.25, 0.3) is 0 Å². The van der Waals surface area contributed by atoms with E-state index in [1.807, 2.05) is 0 Å². The molecule has 3 saturated carbocycles. The highest BCUT2D eigenvalue weighted by atomic mass is 16.1. The Morgan fingerprint density at radius 2 is 1.76 bits per heavy atom. The molecule has 0 heterocycles. The fourth-order valence-electron chi connectivity index (χ4n) is 5.81. The Morgan fingerprint density at radius 3 is 2.57 bits per heavy atom. The summed E-state index contributed by atoms with van der Waals surface area (Å²) in [6.07, 6.45) is 12.3. The molecule has 0 unspecified atom stereocenters. The van der Waals surface area contributed by atoms with Gasteiger partial charge in [-0.1, -0.05) is 37.1 Å². The van der Waals surface area contributed by atoms with Crippen molar-refractivity contribution in [2.45, 2.75) is 64.8 Å². The third-order valence-electron chi connectivity index (χ3n) is 7.32. The molecule has 2 nitrogen and oxygen atoms in total. The lowest BCUT2D eigenvalue weighted by molar-refractivity contribution is -0.127. The molecule has 4 rings (SSSR count). The first-order valence-corrected chi connectivity index (χ1v) is 8.65. The molecule has 2 heteroatoms. The maximum absolute atomic E-state index is 12.4. The summed E-state index contributed by atoms with van der Waals surface area (Å²) in [5.74, 6) is 1.68. The molecular weight excluding hydrogens is 258 g/mol. The van der Waals surface area contributed by atoms with Crippen LogP contribution in [0.2, 0.25) is 0 Å². The van der Waals surface area contributed by atoms with Gasteiger partial charge in [0.15, 0.2) is 0 Å². The van der Waals surface area contributed by atoms with Gasteiger partial charge in [-0.25, -0.2) is 0 Å². The van der Waals surface area contributed by atoms with Crippen molar-refractivity contribution in [2.75, 3.05) is 0 Å². The Bertz CT molecular complexity index is 560. The van der Waals surface area contributed by atoms with Crippen LogP contribution in [-0.2, 0) is 4.79 Å². The number of hydrogen-bond acceptors (Lipinski definition) is 2. The van der Waals surface area contributed by atoms with Gasteiger partial charge in [0, 0.05) is 17.9 Å². The lowest BCUT2D eigenvalue weighted by atomic mass is 9.51. The molecule has 3 fully saturated rings. The van der Waals surface area contributed by atoms with E-state index in [-0.39, 0.29) is 5.41 Å². The minimum absolute atomic E-state index is 0.0604. The monoisotopic (exact) mass is 285 g/mol. The van der Waals surface area contributed by atoms with Crippen LogP contribution in [0, 0.1) is 22.7 Å². The van der Waals surface area contributed by atoms with Crippen molar-refractivity contribution < 1.29 is 4.79 Å². The van der Waals surface area contributed by atoms with E-state index in [0.29, 0.717) is 29.1 Å². The number of ketones is 1. The first-order valence-electron chi connectivity index (χ1n) is 8.65. The Hall–Kier alpha value is -0.890. The molecule has 0 radical (unpaired) electrons. The molecule has 0 aromatic carbocycles. The second kappa shape index (κ2) is 4.32. The average molecular weight is 285 g/mol. The van der Waals surface area contributed by atoms with Crippen molar-refractivity contribution >= 4 is 5.78 Å². The van der Waals surface area contributed by atoms with Gasteiger partial charge in [0.2, 0.25) is 0 Å². The Kier molecular flexibility index (Phi) is 2.83. The molecule has 0 aliphatic heterocycles. The van der Waals surface area contributed by atoms with Gasteiger partial charge in [0.05, 0.1) is 0 Å². The molecule has 5 atom stereocenters. The highest BCUT2D eigenvalue weighted by Crippen LogP contribution is 2.62. The van der Waals surface area contributed by atoms with Gasteiger partial charge >= 0.3 is 0 Å². The van der Waals surface area contributed by atoms with Crippen LogP contribution < -0.4 is 5.73 Å². The predicted molar refractivity (Wildman–Crippen MR) is 84.7 cm³/mol. The Labute approximate surface area is 127 Å². The zero-order chi connectivity index (χ0) is 14.8. The van der Waals surface area contributed by atoms with E-state index in [9.17, 15) is 4.79 Å². The smallest absolute Gasteiger partial charge is 0.139 e. The van der Waals surface area contributed by atoms with Gasteiger partial charge in [-0.3, -0.25) is 4.79 Å². The van der Waals surface area contributed by atoms with Gasteiger partial charge in [0.1, 0.15) is 5.78 Å². The maximum Gasteiger partial charge on any atom is 0.139 e. The van der Waals surface area contributed by atoms with Gasteiger partial charge in [-0.05, 0) is 55.8 Å². The van der Waals surface area contributed by atoms with Crippen LogP contribution in [0.4, 0.5) is 0 Å². The molecule has 0 spiro atoms. The fraction of sp³-hybridized carbons (Fsp3) is 0.737. The van der Waals surface area contributed by atoms with Gasteiger partial charge < -0.3 is 5.73 Å². The number of hydrogen-bond donors (Lipinski definition) is 1. The number of carbonyl (C=O) groups excluding carboxylic acids is 1. The number of carbonyl (C=O) groups is 1. The molecule has 21 heavy (non-hydrogen) atoms. The number of fused-ring (bicyclic) bond motifs is 5. The quantitative estimate of drug-likeness (QED) is 0.736. The minimum atomic E-state index is -0.0604. The predicted octanol–water partition coefficient (Wildman–Crippen LogP) is 3.77. The molecule has 0 aromatic heterocycles. The highest BCUT2D eigenvalue weighted by Gasteiger charge is 2.55. The van der Waals surface area contributed by atoms with Crippen LogP contribution in [-0.4, -0.2) is 11.8 Å². The highest BCUT2D eigenvalue weighted by molar-refractivity contribution is 5.88. The molecule has 2 N–H and O–H groups in total. The van der Waals surface area contributed by atoms with Crippen molar-refractivity contribution in [3.63, 3.8) is 0 Å². The number of nitrogens with two attached hydrogens (primary N) is 1. The number of Topliss-reactive ketones (excluding diaryl/α,β-unsaturated/α-hetero) is 1. The van der Waals surface area contributed by atoms with E-state index in [1.54, 1.807) is 11.1 Å². The van der Waals surface area contributed by atoms with Crippen molar-refractivity contribution in [3.05, 3.63) is 23.3 Å². The summed E-state index contributed by atoms with van der Waals surface area (Å²) >= 11 is 0. The van der Waals surface area contributed by atoms with Crippen LogP contribution in [0.15, 0.2) is 23.3 Å². The first-order chi connectivity index (χ1) is 9.95. The summed E-state index contributed by atoms with van der Waals surface area (Å²) in [5.41, 5.74) is 9.61. The average Bonchev–Trinajstić information content (AvgIpc) is 2.76. The largest absolute Gasteiger partial charge is 0.327 e. The summed E-state index contributed by atoms with van der Waals surface area (Å²) in [4.78, 5) is 12.4. The van der Waals surface area contributed by atoms with E-state index < -0.39 is 0 Å². The summed E-state index contributed by atoms with van der Waals surface area (Å²) in [7, 11) is 0. The van der Waals surface area contributed by atoms with Crippen LogP contribution in [0.1, 0.15) is 58.8 Å². The normalized spacial score (nSPS) is 48.9. The summed E-state index contributed by atoms with van der Waals surface area (Å²) in [6, 6.07) is 0.348. The Morgan fingerprint density at radius 1 is 1.05 bits per heavy atom. The number of allylic oxidation sites excluding steroid dienone is 3. The molecule has 114 valence electrons. The maximum atomic E-state index is 12.4. The zero-order valence-corrected chi connectivity index (χ0v) is 13.3. The van der Waals surface area contributed by atoms with Crippen LogP contribution >= 0.6 is 0 Å². The fourth-order valence-corrected chi connectivity index (χ4v) is 5.81. The zero-order valence-electron chi connectivity index (χ0n) is 13.3. The molecule has 4 aliphatic carbocycles. The molecular formula is C19H27NO. The van der Waals surface area contributed by atoms with Crippen molar-refractivity contribution in [3.8, 4) is 0 Å². The van der Waals surface area contributed by atoms with Gasteiger partial charge in [-0.2, -0.15) is 0 Å². The third kappa shape index (κ3) is 1.72. The van der Waals surface area contributed by atoms with E-state index >= 15 is 0 Å². The van der Waals surface area contributed by atoms with Gasteiger partial charge in [-0.15, -0.1) is 0 Å². The lowest BCUT2D eigenvalue weighted by Crippen LogP contribution is -2.46. The second-order valence-electron chi connectivity index (χ2n) is 8.30. The molecule has 0 amide bonds. The Balaban J connectivity index is 1.75. The number of rotatable bonds is 0. The molecule has 0 bridgehead atoms. The molecule has 0 aromatic rings. The van der Waals surface area contributed by atoms with Crippen LogP contribution in [0.25, 0.3) is 0 Å². The van der Waals surface area contributed by atoms with Crippen LogP contribution in [0.3, 0.4) is 0 Å². The summed E-state index contributed by atoms with van der Waals surface area (Å²) in [5, 5.41) is 0. The molecule has 0 saturated heterocycles. The molecule has 4 aliphatic rings. The van der Waals surface area contributed by atoms with E-state index in [1.165, 1.54) is 12.8 Å². The first kappa shape index (κ1) is 13.8. The standard InChI is InChI=1S/C19H27NO/c1-18-9-7-13(20)11-12(18)3-4-14-15-5-6-17(21)19(15,2)10-8-16(14)18/h3-4,13,15-16H,5-11,20H2,1-2H3/t13-,15-,16-,18-,19-/m0/s1. The second-order valence-corrected chi connectivity index (χ2v) is 8.30. The van der Waals surface area contributed by atoms with Crippen molar-refractivity contribution in [1.29, 1.82) is 0 Å². The van der Waals surface area contributed by atoms with E-state index in [2.05, 4.69) is 26.0 Å². The van der Waals surface area contributed by atoms with E-state index in [4.69, 9.17) is 5.73 Å². The summed E-state index contributed by atoms with van der Waals surface area (Å²) < 4.78 is 0. The minimum Gasteiger partial charge on any atom is -0.327 e.